The lowest BCUT2D eigenvalue weighted by atomic mass is 10.0. The maximum Gasteiger partial charge on any atom is 0.164 e. The fourth-order valence-corrected chi connectivity index (χ4v) is 7.72. The molecule has 0 atom stereocenters. The Labute approximate surface area is 328 Å². The van der Waals surface area contributed by atoms with Gasteiger partial charge in [-0.3, -0.25) is 0 Å². The summed E-state index contributed by atoms with van der Waals surface area (Å²) in [5.41, 5.74) is 11.4. The molecule has 3 aromatic heterocycles. The van der Waals surface area contributed by atoms with Gasteiger partial charge in [-0.1, -0.05) is 115 Å². The van der Waals surface area contributed by atoms with E-state index in [2.05, 4.69) is 120 Å². The van der Waals surface area contributed by atoms with Crippen LogP contribution in [-0.4, -0.2) is 15.0 Å². The van der Waals surface area contributed by atoms with Crippen LogP contribution in [0.3, 0.4) is 0 Å². The topological polar surface area (TPSA) is 68.2 Å². The number of hydrogen-bond acceptors (Lipinski definition) is 6. The lowest BCUT2D eigenvalue weighted by Crippen LogP contribution is -2.09. The van der Waals surface area contributed by atoms with Crippen molar-refractivity contribution in [1.82, 2.24) is 15.0 Å². The van der Waals surface area contributed by atoms with Gasteiger partial charge in [-0.05, 0) is 90.0 Å². The number of nitrogens with zero attached hydrogens (tertiary/aromatic N) is 4. The largest absolute Gasteiger partial charge is 0.456 e. The Hall–Kier alpha value is -7.83. The number of aromatic nitrogens is 3. The second kappa shape index (κ2) is 13.5. The molecule has 0 bridgehead atoms. The monoisotopic (exact) mass is 732 g/mol. The van der Waals surface area contributed by atoms with Crippen LogP contribution in [0.4, 0.5) is 17.1 Å². The lowest BCUT2D eigenvalue weighted by molar-refractivity contribution is 0.668. The smallest absolute Gasteiger partial charge is 0.164 e. The molecular weight excluding hydrogens is 701 g/mol. The number of para-hydroxylation sites is 2. The summed E-state index contributed by atoms with van der Waals surface area (Å²) in [4.78, 5) is 17.3. The van der Waals surface area contributed by atoms with Gasteiger partial charge >= 0.3 is 0 Å². The van der Waals surface area contributed by atoms with Gasteiger partial charge in [0.05, 0.1) is 0 Å². The van der Waals surface area contributed by atoms with Crippen molar-refractivity contribution in [2.75, 3.05) is 4.90 Å². The number of fused-ring (bicyclic) bond motifs is 6. The van der Waals surface area contributed by atoms with Crippen molar-refractivity contribution >= 4 is 60.9 Å². The predicted octanol–water partition coefficient (Wildman–Crippen LogP) is 13.8. The third-order valence-corrected chi connectivity index (χ3v) is 10.5. The second-order valence-electron chi connectivity index (χ2n) is 14.1. The molecule has 268 valence electrons. The first-order chi connectivity index (χ1) is 28.2. The summed E-state index contributed by atoms with van der Waals surface area (Å²) in [7, 11) is 0. The minimum Gasteiger partial charge on any atom is -0.456 e. The van der Waals surface area contributed by atoms with E-state index in [1.807, 2.05) is 78.9 Å². The van der Waals surface area contributed by atoms with E-state index in [1.165, 1.54) is 11.1 Å². The highest BCUT2D eigenvalue weighted by molar-refractivity contribution is 6.08. The van der Waals surface area contributed by atoms with E-state index in [4.69, 9.17) is 23.8 Å². The molecule has 0 aliphatic carbocycles. The molecule has 0 amide bonds. The van der Waals surface area contributed by atoms with Crippen molar-refractivity contribution in [3.63, 3.8) is 0 Å². The van der Waals surface area contributed by atoms with Crippen LogP contribution < -0.4 is 4.90 Å². The molecule has 57 heavy (non-hydrogen) atoms. The molecule has 0 aliphatic rings. The Kier molecular flexibility index (Phi) is 7.71. The number of benzene rings is 8. The quantitative estimate of drug-likeness (QED) is 0.162. The van der Waals surface area contributed by atoms with Gasteiger partial charge in [-0.25, -0.2) is 15.0 Å². The number of hydrogen-bond donors (Lipinski definition) is 0. The maximum absolute atomic E-state index is 6.54. The zero-order valence-corrected chi connectivity index (χ0v) is 30.6. The summed E-state index contributed by atoms with van der Waals surface area (Å²) in [6.07, 6.45) is 0. The molecule has 0 N–H and O–H groups in total. The molecule has 0 saturated heterocycles. The standard InChI is InChI=1S/C51H32N4O2/c1-4-12-33(13-5-1)34-20-24-39(25-21-34)55(38-16-8-3-9-17-38)40-26-29-47-44(32-40)42-27-22-37(31-48(42)57-47)51-53-49(35-14-6-2-7-15-35)52-50(54-51)36-23-28-46-43(30-36)41-18-10-11-19-45(41)56-46/h1-32H. The molecule has 6 heteroatoms. The third kappa shape index (κ3) is 5.88. The molecule has 0 saturated carbocycles. The minimum absolute atomic E-state index is 0.563. The van der Waals surface area contributed by atoms with Gasteiger partial charge in [-0.15, -0.1) is 0 Å². The minimum atomic E-state index is 0.563. The first-order valence-corrected chi connectivity index (χ1v) is 18.9. The predicted molar refractivity (Wildman–Crippen MR) is 231 cm³/mol. The summed E-state index contributed by atoms with van der Waals surface area (Å²) in [5, 5.41) is 4.11. The molecule has 0 aliphatic heterocycles. The third-order valence-electron chi connectivity index (χ3n) is 10.5. The van der Waals surface area contributed by atoms with E-state index in [0.29, 0.717) is 17.5 Å². The zero-order valence-electron chi connectivity index (χ0n) is 30.6. The van der Waals surface area contributed by atoms with Gasteiger partial charge in [-0.2, -0.15) is 0 Å². The van der Waals surface area contributed by atoms with E-state index in [-0.39, 0.29) is 0 Å². The molecule has 0 fully saturated rings. The molecule has 8 aromatic carbocycles. The van der Waals surface area contributed by atoms with Gasteiger partial charge in [0, 0.05) is 55.3 Å². The first-order valence-electron chi connectivity index (χ1n) is 18.9. The van der Waals surface area contributed by atoms with Gasteiger partial charge in [0.25, 0.3) is 0 Å². The van der Waals surface area contributed by atoms with Crippen LogP contribution in [0, 0.1) is 0 Å². The summed E-state index contributed by atoms with van der Waals surface area (Å²) in [6.45, 7) is 0. The molecule has 0 radical (unpaired) electrons. The van der Waals surface area contributed by atoms with E-state index >= 15 is 0 Å². The fraction of sp³-hybridized carbons (Fsp3) is 0. The summed E-state index contributed by atoms with van der Waals surface area (Å²) >= 11 is 0. The lowest BCUT2D eigenvalue weighted by Gasteiger charge is -2.25. The average molecular weight is 733 g/mol. The Morgan fingerprint density at radius 1 is 0.281 bits per heavy atom. The summed E-state index contributed by atoms with van der Waals surface area (Å²) < 4.78 is 12.6. The van der Waals surface area contributed by atoms with Crippen LogP contribution in [0.25, 0.3) is 89.2 Å². The Morgan fingerprint density at radius 2 is 0.737 bits per heavy atom. The van der Waals surface area contributed by atoms with Crippen molar-refractivity contribution in [1.29, 1.82) is 0 Å². The van der Waals surface area contributed by atoms with Crippen molar-refractivity contribution in [2.45, 2.75) is 0 Å². The van der Waals surface area contributed by atoms with Gasteiger partial charge < -0.3 is 13.7 Å². The molecule has 11 rings (SSSR count). The summed E-state index contributed by atoms with van der Waals surface area (Å²) in [6, 6.07) is 66.4. The molecular formula is C51H32N4O2. The highest BCUT2D eigenvalue weighted by atomic mass is 16.3. The Morgan fingerprint density at radius 3 is 1.47 bits per heavy atom. The Bertz CT molecular complexity index is 3230. The zero-order chi connectivity index (χ0) is 37.7. The highest BCUT2D eigenvalue weighted by Gasteiger charge is 2.18. The van der Waals surface area contributed by atoms with E-state index in [0.717, 1.165) is 77.6 Å². The van der Waals surface area contributed by atoms with Gasteiger partial charge in [0.15, 0.2) is 17.5 Å². The van der Waals surface area contributed by atoms with E-state index < -0.39 is 0 Å². The maximum atomic E-state index is 6.54. The second-order valence-corrected chi connectivity index (χ2v) is 14.1. The van der Waals surface area contributed by atoms with Crippen molar-refractivity contribution in [2.24, 2.45) is 0 Å². The van der Waals surface area contributed by atoms with Crippen LogP contribution >= 0.6 is 0 Å². The normalized spacial score (nSPS) is 11.5. The van der Waals surface area contributed by atoms with Crippen molar-refractivity contribution in [3.8, 4) is 45.3 Å². The fourth-order valence-electron chi connectivity index (χ4n) is 7.72. The number of furan rings is 2. The summed E-state index contributed by atoms with van der Waals surface area (Å²) in [5.74, 6) is 1.74. The molecule has 0 unspecified atom stereocenters. The van der Waals surface area contributed by atoms with Crippen molar-refractivity contribution in [3.05, 3.63) is 194 Å². The SMILES string of the molecule is c1ccc(-c2ccc(N(c3ccccc3)c3ccc4oc5cc(-c6nc(-c7ccccc7)nc(-c7ccc8oc9ccccc9c8c7)n6)ccc5c4c3)cc2)cc1. The average Bonchev–Trinajstić information content (AvgIpc) is 3.85. The Balaban J connectivity index is 1.01. The van der Waals surface area contributed by atoms with Gasteiger partial charge in [0.2, 0.25) is 0 Å². The van der Waals surface area contributed by atoms with Crippen LogP contribution in [0.1, 0.15) is 0 Å². The number of rotatable bonds is 7. The van der Waals surface area contributed by atoms with Crippen LogP contribution in [-0.2, 0) is 0 Å². The molecule has 3 heterocycles. The number of anilines is 3. The highest BCUT2D eigenvalue weighted by Crippen LogP contribution is 2.40. The van der Waals surface area contributed by atoms with Crippen LogP contribution in [0.5, 0.6) is 0 Å². The first kappa shape index (κ1) is 32.6. The van der Waals surface area contributed by atoms with Crippen LogP contribution in [0.2, 0.25) is 0 Å². The van der Waals surface area contributed by atoms with Crippen molar-refractivity contribution < 1.29 is 8.83 Å². The molecule has 11 aromatic rings. The van der Waals surface area contributed by atoms with Gasteiger partial charge in [0.1, 0.15) is 22.3 Å². The molecule has 0 spiro atoms. The van der Waals surface area contributed by atoms with Crippen LogP contribution in [0.15, 0.2) is 203 Å². The van der Waals surface area contributed by atoms with E-state index in [9.17, 15) is 0 Å². The van der Waals surface area contributed by atoms with E-state index in [1.54, 1.807) is 0 Å². The molecule has 6 nitrogen and oxygen atoms in total.